The molecule has 9 aromatic heterocycles. The molecule has 0 aromatic carbocycles. The number of H-pyrrole nitrogens is 3. The van der Waals surface area contributed by atoms with Crippen LogP contribution in [0.3, 0.4) is 0 Å². The molecule has 5 aliphatic rings. The molecule has 18 nitrogen and oxygen atoms in total. The number of aromatic amines is 3. The summed E-state index contributed by atoms with van der Waals surface area (Å²) in [5, 5.41) is 30.8. The Morgan fingerprint density at radius 2 is 0.923 bits per heavy atom. The number of hydrogen-bond donors (Lipinski definition) is 6. The fourth-order valence-corrected chi connectivity index (χ4v) is 12.3. The van der Waals surface area contributed by atoms with Crippen LogP contribution in [0.1, 0.15) is 65.4 Å². The van der Waals surface area contributed by atoms with Gasteiger partial charge in [0, 0.05) is 93.2 Å². The van der Waals surface area contributed by atoms with Gasteiger partial charge in [0.2, 0.25) is 0 Å². The molecule has 14 heterocycles. The van der Waals surface area contributed by atoms with Gasteiger partial charge in [0.15, 0.2) is 34.4 Å². The molecule has 6 unspecified atom stereocenters. The molecule has 6 atom stereocenters. The first kappa shape index (κ1) is 51.2. The van der Waals surface area contributed by atoms with Gasteiger partial charge in [-0.25, -0.2) is 43.1 Å². The van der Waals surface area contributed by atoms with Crippen LogP contribution in [0.15, 0.2) is 91.4 Å². The molecule has 0 amide bonds. The van der Waals surface area contributed by atoms with Crippen molar-refractivity contribution in [1.82, 2.24) is 71.1 Å². The Morgan fingerprint density at radius 3 is 1.29 bits per heavy atom. The van der Waals surface area contributed by atoms with Gasteiger partial charge >= 0.3 is 0 Å². The van der Waals surface area contributed by atoms with Crippen molar-refractivity contribution >= 4 is 50.6 Å². The van der Waals surface area contributed by atoms with Gasteiger partial charge in [0.1, 0.15) is 34.5 Å². The first-order chi connectivity index (χ1) is 38.3. The average Bonchev–Trinajstić information content (AvgIpc) is 4.56. The van der Waals surface area contributed by atoms with Gasteiger partial charge in [-0.3, -0.25) is 15.3 Å². The second-order valence-corrected chi connectivity index (χ2v) is 21.4. The van der Waals surface area contributed by atoms with E-state index in [1.807, 2.05) is 30.3 Å². The first-order valence-corrected chi connectivity index (χ1v) is 27.6. The number of piperidine rings is 2. The highest BCUT2D eigenvalue weighted by molar-refractivity contribution is 5.91. The minimum absolute atomic E-state index is 0. The minimum Gasteiger partial charge on any atom is -0.356 e. The SMILES string of the molecule is CC1CN(c2ccc(F)c(-c3[nH]nc4ncccc34)n2)CC1CN.Fc1ccc(N2CCCC(C3CCCN3)C2)nc1-c1[nH]nc2ncccc12.Fc1ccc(N2CCCC(C3CCCN3)C2)nc1-c1[nH]nc2ncccc12.[HH].[HH].[HH].[HH].[HH]. The minimum atomic E-state index is -0.379. The Labute approximate surface area is 457 Å². The van der Waals surface area contributed by atoms with Crippen molar-refractivity contribution in [3.63, 3.8) is 0 Å². The van der Waals surface area contributed by atoms with Gasteiger partial charge in [-0.15, -0.1) is 0 Å². The molecule has 0 saturated carbocycles. The number of aromatic nitrogens is 12. The van der Waals surface area contributed by atoms with E-state index in [1.54, 1.807) is 42.9 Å². The lowest BCUT2D eigenvalue weighted by molar-refractivity contribution is 0.328. The summed E-state index contributed by atoms with van der Waals surface area (Å²) in [5.74, 6) is 3.57. The third-order valence-electron chi connectivity index (χ3n) is 16.5. The van der Waals surface area contributed by atoms with E-state index in [1.165, 1.54) is 56.7 Å². The largest absolute Gasteiger partial charge is 0.356 e. The van der Waals surface area contributed by atoms with Crippen molar-refractivity contribution in [1.29, 1.82) is 0 Å². The maximum atomic E-state index is 14.6. The number of pyridine rings is 6. The van der Waals surface area contributed by atoms with E-state index in [9.17, 15) is 13.2 Å². The van der Waals surface area contributed by atoms with Gasteiger partial charge in [-0.1, -0.05) is 6.92 Å². The number of halogens is 3. The summed E-state index contributed by atoms with van der Waals surface area (Å²) >= 11 is 0. The molecule has 0 bridgehead atoms. The summed E-state index contributed by atoms with van der Waals surface area (Å²) in [4.78, 5) is 33.3. The maximum Gasteiger partial charge on any atom is 0.181 e. The Bertz CT molecular complexity index is 3370. The van der Waals surface area contributed by atoms with Crippen LogP contribution in [-0.4, -0.2) is 131 Å². The van der Waals surface area contributed by atoms with Gasteiger partial charge in [0.25, 0.3) is 0 Å². The number of rotatable bonds is 9. The molecule has 5 fully saturated rings. The number of nitrogens with zero attached hydrogens (tertiary/aromatic N) is 12. The summed E-state index contributed by atoms with van der Waals surface area (Å²) in [5.41, 5.74) is 10.1. The van der Waals surface area contributed by atoms with E-state index in [4.69, 9.17) is 5.73 Å². The third kappa shape index (κ3) is 10.6. The molecule has 0 aliphatic carbocycles. The van der Waals surface area contributed by atoms with Crippen LogP contribution in [0.25, 0.3) is 67.3 Å². The molecule has 5 saturated heterocycles. The standard InChI is InChI=1S/2C20H23FN6.C17H19FN6.5H2/c2*21-15-7-8-17(27-11-3-4-13(12-27)16-6-2-9-22-16)24-19(15)18-14-5-1-10-23-20(14)26-25-18;1-10-8-24(9-11(10)7-19)14-5-4-13(18)16(21-14)15-12-3-2-6-20-17(12)23-22-15;;;;;/h2*1,5,7-8,10,13,16,22H,2-4,6,9,11-12H2,(H,23,25,26);2-6,10-11H,7-9,19H2,1H3,(H,20,22,23);5*1H. The predicted octanol–water partition coefficient (Wildman–Crippen LogP) is 9.67. The first-order valence-electron chi connectivity index (χ1n) is 27.6. The fraction of sp³-hybridized carbons (Fsp3) is 0.421. The lowest BCUT2D eigenvalue weighted by Gasteiger charge is -2.36. The Hall–Kier alpha value is -7.62. The van der Waals surface area contributed by atoms with Crippen LogP contribution < -0.4 is 31.1 Å². The molecular weight excluding hydrogens is 994 g/mol. The lowest BCUT2D eigenvalue weighted by Crippen LogP contribution is -2.43. The Balaban J connectivity index is 0.000000174. The van der Waals surface area contributed by atoms with Crippen LogP contribution in [0, 0.1) is 41.1 Å². The van der Waals surface area contributed by atoms with E-state index < -0.39 is 0 Å². The Morgan fingerprint density at radius 1 is 0.513 bits per heavy atom. The maximum absolute atomic E-state index is 14.6. The van der Waals surface area contributed by atoms with Gasteiger partial charge < -0.3 is 31.1 Å². The van der Waals surface area contributed by atoms with Crippen LogP contribution in [0.4, 0.5) is 30.6 Å². The zero-order chi connectivity index (χ0) is 53.1. The van der Waals surface area contributed by atoms with Crippen molar-refractivity contribution in [3.05, 3.63) is 109 Å². The molecule has 0 radical (unpaired) electrons. The topological polar surface area (TPSA) is 223 Å². The highest BCUT2D eigenvalue weighted by Gasteiger charge is 2.33. The third-order valence-corrected chi connectivity index (χ3v) is 16.5. The molecule has 14 rings (SSSR count). The smallest absolute Gasteiger partial charge is 0.181 e. The van der Waals surface area contributed by atoms with E-state index in [0.717, 1.165) is 98.8 Å². The monoisotopic (exact) mass is 1070 g/mol. The quantitative estimate of drug-likeness (QED) is 0.0792. The molecule has 0 spiro atoms. The second-order valence-electron chi connectivity index (χ2n) is 21.4. The zero-order valence-electron chi connectivity index (χ0n) is 43.7. The zero-order valence-corrected chi connectivity index (χ0v) is 43.7. The molecule has 21 heteroatoms. The van der Waals surface area contributed by atoms with Crippen molar-refractivity contribution in [3.8, 4) is 34.2 Å². The molecule has 5 aliphatic heterocycles. The second kappa shape index (κ2) is 22.8. The molecule has 9 aromatic rings. The van der Waals surface area contributed by atoms with Crippen LogP contribution in [0.5, 0.6) is 0 Å². The predicted molar refractivity (Wildman–Crippen MR) is 308 cm³/mol. The van der Waals surface area contributed by atoms with Gasteiger partial charge in [-0.2, -0.15) is 15.3 Å². The van der Waals surface area contributed by atoms with Crippen LogP contribution in [-0.2, 0) is 0 Å². The summed E-state index contributed by atoms with van der Waals surface area (Å²) in [6, 6.07) is 22.1. The number of nitrogens with one attached hydrogen (secondary N) is 5. The summed E-state index contributed by atoms with van der Waals surface area (Å²) in [6.45, 7) is 10.7. The number of nitrogens with two attached hydrogens (primary N) is 1. The van der Waals surface area contributed by atoms with E-state index in [2.05, 4.69) is 92.8 Å². The fourth-order valence-electron chi connectivity index (χ4n) is 12.3. The Kier molecular flexibility index (Phi) is 14.9. The summed E-state index contributed by atoms with van der Waals surface area (Å²) in [7, 11) is 0. The number of hydrogen-bond acceptors (Lipinski definition) is 15. The van der Waals surface area contributed by atoms with Crippen molar-refractivity contribution < 1.29 is 20.3 Å². The lowest BCUT2D eigenvalue weighted by atomic mass is 9.90. The van der Waals surface area contributed by atoms with Gasteiger partial charge in [-0.05, 0) is 167 Å². The van der Waals surface area contributed by atoms with Crippen LogP contribution >= 0.6 is 0 Å². The number of fused-ring (bicyclic) bond motifs is 3. The summed E-state index contributed by atoms with van der Waals surface area (Å²) < 4.78 is 43.6. The van der Waals surface area contributed by atoms with Crippen LogP contribution in [0.2, 0.25) is 0 Å². The normalized spacial score (nSPS) is 22.5. The average molecular weight is 1070 g/mol. The van der Waals surface area contributed by atoms with Crippen molar-refractivity contribution in [2.45, 2.75) is 70.4 Å². The molecule has 78 heavy (non-hydrogen) atoms. The molecule has 7 N–H and O–H groups in total. The number of anilines is 3. The summed E-state index contributed by atoms with van der Waals surface area (Å²) in [6.07, 6.45) is 14.9. The van der Waals surface area contributed by atoms with E-state index in [-0.39, 0.29) is 30.3 Å². The van der Waals surface area contributed by atoms with E-state index in [0.29, 0.717) is 87.7 Å². The van der Waals surface area contributed by atoms with E-state index >= 15 is 0 Å². The highest BCUT2D eigenvalue weighted by Crippen LogP contribution is 2.35. The molecular formula is C57H75F3N18. The highest BCUT2D eigenvalue weighted by atomic mass is 19.1. The van der Waals surface area contributed by atoms with Crippen molar-refractivity contribution in [2.24, 2.45) is 29.4 Å². The molecule has 414 valence electrons. The van der Waals surface area contributed by atoms with Gasteiger partial charge in [0.05, 0.1) is 17.1 Å². The van der Waals surface area contributed by atoms with Crippen molar-refractivity contribution in [2.75, 3.05) is 73.6 Å².